The van der Waals surface area contributed by atoms with E-state index < -0.39 is 0 Å². The van der Waals surface area contributed by atoms with Crippen LogP contribution in [0, 0.1) is 11.3 Å². The highest BCUT2D eigenvalue weighted by molar-refractivity contribution is 5.76. The van der Waals surface area contributed by atoms with E-state index in [0.29, 0.717) is 30.8 Å². The molecule has 0 aliphatic carbocycles. The van der Waals surface area contributed by atoms with Gasteiger partial charge in [0.1, 0.15) is 0 Å². The van der Waals surface area contributed by atoms with Crippen molar-refractivity contribution < 1.29 is 4.79 Å². The number of hydrogen-bond donors (Lipinski definition) is 2. The van der Waals surface area contributed by atoms with E-state index in [1.807, 2.05) is 0 Å². The Morgan fingerprint density at radius 2 is 2.00 bits per heavy atom. The molecule has 0 aliphatic rings. The van der Waals surface area contributed by atoms with Gasteiger partial charge in [-0.1, -0.05) is 27.7 Å². The molecule has 0 saturated carbocycles. The van der Waals surface area contributed by atoms with Crippen LogP contribution in [0.5, 0.6) is 0 Å². The molecule has 0 aromatic carbocycles. The quantitative estimate of drug-likeness (QED) is 0.707. The highest BCUT2D eigenvalue weighted by Gasteiger charge is 2.17. The summed E-state index contributed by atoms with van der Waals surface area (Å²) >= 11 is 0. The summed E-state index contributed by atoms with van der Waals surface area (Å²) in [4.78, 5) is 11.3. The highest BCUT2D eigenvalue weighted by atomic mass is 16.1. The van der Waals surface area contributed by atoms with Crippen LogP contribution in [0.1, 0.15) is 40.5 Å². The molecule has 1 unspecified atom stereocenters. The van der Waals surface area contributed by atoms with Crippen molar-refractivity contribution >= 4 is 5.91 Å². The molecule has 0 spiro atoms. The largest absolute Gasteiger partial charge is 0.355 e. The Bertz CT molecular complexity index is 173. The fourth-order valence-corrected chi connectivity index (χ4v) is 1.72. The van der Waals surface area contributed by atoms with Gasteiger partial charge < -0.3 is 11.1 Å². The topological polar surface area (TPSA) is 55.1 Å². The third-order valence-corrected chi connectivity index (χ3v) is 1.96. The zero-order valence-corrected chi connectivity index (χ0v) is 9.89. The molecule has 0 rings (SSSR count). The molecule has 0 saturated heterocycles. The summed E-state index contributed by atoms with van der Waals surface area (Å²) in [6.07, 6.45) is 1.68. The third-order valence-electron chi connectivity index (χ3n) is 1.96. The summed E-state index contributed by atoms with van der Waals surface area (Å²) in [5.74, 6) is 0.556. The maximum atomic E-state index is 11.3. The summed E-state index contributed by atoms with van der Waals surface area (Å²) in [6, 6.07) is 0. The van der Waals surface area contributed by atoms with Crippen LogP contribution in [0.3, 0.4) is 0 Å². The van der Waals surface area contributed by atoms with Gasteiger partial charge in [0.25, 0.3) is 0 Å². The first-order chi connectivity index (χ1) is 6.35. The fourth-order valence-electron chi connectivity index (χ4n) is 1.72. The van der Waals surface area contributed by atoms with Crippen molar-refractivity contribution in [3.8, 4) is 0 Å². The number of nitrogens with two attached hydrogens (primary N) is 1. The van der Waals surface area contributed by atoms with E-state index in [1.165, 1.54) is 0 Å². The molecule has 0 heterocycles. The smallest absolute Gasteiger partial charge is 0.220 e. The Kier molecular flexibility index (Phi) is 5.77. The van der Waals surface area contributed by atoms with E-state index >= 15 is 0 Å². The number of nitrogens with one attached hydrogen (secondary N) is 1. The van der Waals surface area contributed by atoms with Crippen molar-refractivity contribution in [3.63, 3.8) is 0 Å². The maximum absolute atomic E-state index is 11.3. The normalized spacial score (nSPS) is 13.8. The summed E-state index contributed by atoms with van der Waals surface area (Å²) in [6.45, 7) is 9.80. The summed E-state index contributed by atoms with van der Waals surface area (Å²) in [5, 5.41) is 2.79. The molecule has 3 heteroatoms. The molecular formula is C11H24N2O. The molecule has 0 bridgehead atoms. The Morgan fingerprint density at radius 3 is 2.43 bits per heavy atom. The van der Waals surface area contributed by atoms with E-state index in [0.717, 1.165) is 6.42 Å². The monoisotopic (exact) mass is 200 g/mol. The van der Waals surface area contributed by atoms with Crippen LogP contribution in [0.4, 0.5) is 0 Å². The van der Waals surface area contributed by atoms with Crippen molar-refractivity contribution in [2.24, 2.45) is 17.1 Å². The van der Waals surface area contributed by atoms with Crippen LogP contribution < -0.4 is 11.1 Å². The first kappa shape index (κ1) is 13.4. The summed E-state index contributed by atoms with van der Waals surface area (Å²) < 4.78 is 0. The minimum absolute atomic E-state index is 0.118. The Balaban J connectivity index is 3.71. The molecule has 14 heavy (non-hydrogen) atoms. The van der Waals surface area contributed by atoms with Gasteiger partial charge in [-0.05, 0) is 17.8 Å². The van der Waals surface area contributed by atoms with Crippen molar-refractivity contribution in [2.45, 2.75) is 40.5 Å². The number of carbonyl (C=O) groups is 1. The second-order valence-electron chi connectivity index (χ2n) is 5.21. The molecule has 84 valence electrons. The maximum Gasteiger partial charge on any atom is 0.220 e. The molecule has 0 aromatic rings. The zero-order chi connectivity index (χ0) is 11.2. The highest BCUT2D eigenvalue weighted by Crippen LogP contribution is 2.25. The standard InChI is InChI=1S/C11H24N2O/c1-9(8-11(2,3)4)7-10(14)13-6-5-12/h9H,5-8,12H2,1-4H3,(H,13,14). The summed E-state index contributed by atoms with van der Waals surface area (Å²) in [7, 11) is 0. The Hall–Kier alpha value is -0.570. The third kappa shape index (κ3) is 8.05. The van der Waals surface area contributed by atoms with Crippen LogP contribution in [-0.2, 0) is 4.79 Å². The van der Waals surface area contributed by atoms with Gasteiger partial charge in [0, 0.05) is 19.5 Å². The minimum atomic E-state index is 0.118. The fraction of sp³-hybridized carbons (Fsp3) is 0.909. The Labute approximate surface area is 87.4 Å². The summed E-state index contributed by atoms with van der Waals surface area (Å²) in [5.41, 5.74) is 5.59. The molecule has 3 N–H and O–H groups in total. The lowest BCUT2D eigenvalue weighted by atomic mass is 9.84. The number of carbonyl (C=O) groups excluding carboxylic acids is 1. The van der Waals surface area contributed by atoms with Gasteiger partial charge in [-0.2, -0.15) is 0 Å². The average molecular weight is 200 g/mol. The predicted molar refractivity (Wildman–Crippen MR) is 59.9 cm³/mol. The minimum Gasteiger partial charge on any atom is -0.355 e. The van der Waals surface area contributed by atoms with Gasteiger partial charge >= 0.3 is 0 Å². The van der Waals surface area contributed by atoms with Crippen molar-refractivity contribution in [3.05, 3.63) is 0 Å². The van der Waals surface area contributed by atoms with E-state index in [4.69, 9.17) is 5.73 Å². The van der Waals surface area contributed by atoms with Crippen molar-refractivity contribution in [1.29, 1.82) is 0 Å². The van der Waals surface area contributed by atoms with Crippen LogP contribution in [0.15, 0.2) is 0 Å². The molecule has 0 aromatic heterocycles. The number of hydrogen-bond acceptors (Lipinski definition) is 2. The van der Waals surface area contributed by atoms with E-state index in [1.54, 1.807) is 0 Å². The van der Waals surface area contributed by atoms with E-state index in [9.17, 15) is 4.79 Å². The molecule has 0 radical (unpaired) electrons. The van der Waals surface area contributed by atoms with Crippen LogP contribution in [0.2, 0.25) is 0 Å². The van der Waals surface area contributed by atoms with Crippen molar-refractivity contribution in [2.75, 3.05) is 13.1 Å². The van der Waals surface area contributed by atoms with Gasteiger partial charge in [-0.3, -0.25) is 4.79 Å². The average Bonchev–Trinajstić information content (AvgIpc) is 1.96. The lowest BCUT2D eigenvalue weighted by Crippen LogP contribution is -2.30. The molecular weight excluding hydrogens is 176 g/mol. The first-order valence-electron chi connectivity index (χ1n) is 5.32. The van der Waals surface area contributed by atoms with Gasteiger partial charge in [0.05, 0.1) is 0 Å². The van der Waals surface area contributed by atoms with Gasteiger partial charge in [-0.25, -0.2) is 0 Å². The second kappa shape index (κ2) is 6.02. The van der Waals surface area contributed by atoms with Gasteiger partial charge in [-0.15, -0.1) is 0 Å². The number of amides is 1. The van der Waals surface area contributed by atoms with Gasteiger partial charge in [0.2, 0.25) is 5.91 Å². The molecule has 1 atom stereocenters. The molecule has 3 nitrogen and oxygen atoms in total. The van der Waals surface area contributed by atoms with Crippen LogP contribution >= 0.6 is 0 Å². The lowest BCUT2D eigenvalue weighted by Gasteiger charge is -2.22. The van der Waals surface area contributed by atoms with E-state index in [-0.39, 0.29) is 5.91 Å². The van der Waals surface area contributed by atoms with Crippen molar-refractivity contribution in [1.82, 2.24) is 5.32 Å². The van der Waals surface area contributed by atoms with Crippen LogP contribution in [-0.4, -0.2) is 19.0 Å². The number of rotatable bonds is 5. The Morgan fingerprint density at radius 1 is 1.43 bits per heavy atom. The first-order valence-corrected chi connectivity index (χ1v) is 5.32. The lowest BCUT2D eigenvalue weighted by molar-refractivity contribution is -0.122. The van der Waals surface area contributed by atoms with Crippen LogP contribution in [0.25, 0.3) is 0 Å². The molecule has 0 fully saturated rings. The molecule has 0 aliphatic heterocycles. The second-order valence-corrected chi connectivity index (χ2v) is 5.21. The predicted octanol–water partition coefficient (Wildman–Crippen LogP) is 1.52. The van der Waals surface area contributed by atoms with E-state index in [2.05, 4.69) is 33.0 Å². The SMILES string of the molecule is CC(CC(=O)NCCN)CC(C)(C)C. The van der Waals surface area contributed by atoms with Gasteiger partial charge in [0.15, 0.2) is 0 Å². The molecule has 1 amide bonds. The zero-order valence-electron chi connectivity index (χ0n) is 9.89.